The van der Waals surface area contributed by atoms with Crippen LogP contribution in [0.15, 0.2) is 36.4 Å². The number of carbonyl (C=O) groups is 4. The molecule has 46 heavy (non-hydrogen) atoms. The fraction of sp³-hybridized carbons (Fsp3) is 0.556. The minimum absolute atomic E-state index is 0.0458. The maximum Gasteiger partial charge on any atom is 0.325 e. The van der Waals surface area contributed by atoms with Crippen LogP contribution in [-0.2, 0) is 44.9 Å². The molecule has 10 nitrogen and oxygen atoms in total. The number of rotatable bonds is 19. The van der Waals surface area contributed by atoms with Crippen molar-refractivity contribution in [3.05, 3.63) is 58.7 Å². The molecule has 0 aromatic heterocycles. The SMILES string of the molecule is C[C@H](Cc1ccc(CC(=O)CN(C)C)c(OC(=O)CN(C)C)c1)[C@@H](C)Cc1ccc(CC(=O)CN(C)C)c(OC(=O)CN(C)C)c1. The van der Waals surface area contributed by atoms with E-state index in [4.69, 9.17) is 9.47 Å². The third-order valence-electron chi connectivity index (χ3n) is 7.45. The number of nitrogens with zero attached hydrogens (tertiary/aromatic N) is 4. The summed E-state index contributed by atoms with van der Waals surface area (Å²) in [5, 5.41) is 0. The van der Waals surface area contributed by atoms with Gasteiger partial charge in [0.15, 0.2) is 11.6 Å². The van der Waals surface area contributed by atoms with E-state index in [0.29, 0.717) is 35.7 Å². The van der Waals surface area contributed by atoms with Gasteiger partial charge in [-0.05, 0) is 104 Å². The van der Waals surface area contributed by atoms with Crippen LogP contribution in [0.25, 0.3) is 0 Å². The Morgan fingerprint density at radius 1 is 0.543 bits per heavy atom. The third-order valence-corrected chi connectivity index (χ3v) is 7.45. The van der Waals surface area contributed by atoms with Gasteiger partial charge in [0, 0.05) is 24.0 Å². The van der Waals surface area contributed by atoms with Crippen LogP contribution >= 0.6 is 0 Å². The molecule has 10 heteroatoms. The van der Waals surface area contributed by atoms with Crippen LogP contribution < -0.4 is 9.47 Å². The molecular weight excluding hydrogens is 584 g/mol. The van der Waals surface area contributed by atoms with Gasteiger partial charge in [0.25, 0.3) is 0 Å². The Labute approximate surface area is 275 Å². The van der Waals surface area contributed by atoms with Crippen LogP contribution in [-0.4, -0.2) is 126 Å². The first kappa shape index (κ1) is 38.7. The maximum atomic E-state index is 12.6. The summed E-state index contributed by atoms with van der Waals surface area (Å²) in [4.78, 5) is 57.4. The average molecular weight is 639 g/mol. The first-order valence-corrected chi connectivity index (χ1v) is 15.8. The quantitative estimate of drug-likeness (QED) is 0.169. The number of esters is 2. The van der Waals surface area contributed by atoms with Gasteiger partial charge in [0.05, 0.1) is 26.2 Å². The van der Waals surface area contributed by atoms with E-state index in [1.807, 2.05) is 74.4 Å². The summed E-state index contributed by atoms with van der Waals surface area (Å²) in [5.41, 5.74) is 3.43. The number of ether oxygens (including phenoxy) is 2. The van der Waals surface area contributed by atoms with Gasteiger partial charge in [-0.1, -0.05) is 38.1 Å². The largest absolute Gasteiger partial charge is 0.425 e. The van der Waals surface area contributed by atoms with Crippen molar-refractivity contribution in [2.75, 3.05) is 82.6 Å². The van der Waals surface area contributed by atoms with Crippen molar-refractivity contribution < 1.29 is 28.7 Å². The molecule has 2 aromatic carbocycles. The maximum absolute atomic E-state index is 12.6. The van der Waals surface area contributed by atoms with Gasteiger partial charge in [0.2, 0.25) is 0 Å². The zero-order valence-electron chi connectivity index (χ0n) is 29.5. The summed E-state index contributed by atoms with van der Waals surface area (Å²) in [5.74, 6) is 0.715. The van der Waals surface area contributed by atoms with E-state index in [-0.39, 0.29) is 61.3 Å². The van der Waals surface area contributed by atoms with E-state index >= 15 is 0 Å². The molecule has 2 atom stereocenters. The second-order valence-electron chi connectivity index (χ2n) is 13.6. The summed E-state index contributed by atoms with van der Waals surface area (Å²) < 4.78 is 11.5. The van der Waals surface area contributed by atoms with E-state index in [1.165, 1.54) is 0 Å². The van der Waals surface area contributed by atoms with Crippen molar-refractivity contribution >= 4 is 23.5 Å². The van der Waals surface area contributed by atoms with Gasteiger partial charge < -0.3 is 19.3 Å². The van der Waals surface area contributed by atoms with Gasteiger partial charge in [0.1, 0.15) is 11.5 Å². The number of ketones is 2. The van der Waals surface area contributed by atoms with Crippen molar-refractivity contribution in [2.45, 2.75) is 39.5 Å². The highest BCUT2D eigenvalue weighted by molar-refractivity contribution is 5.84. The van der Waals surface area contributed by atoms with Crippen LogP contribution in [0.3, 0.4) is 0 Å². The van der Waals surface area contributed by atoms with E-state index in [1.54, 1.807) is 38.0 Å². The van der Waals surface area contributed by atoms with Crippen molar-refractivity contribution in [2.24, 2.45) is 11.8 Å². The van der Waals surface area contributed by atoms with E-state index in [2.05, 4.69) is 13.8 Å². The molecule has 0 aliphatic heterocycles. The number of carbonyl (C=O) groups excluding carboxylic acids is 4. The zero-order valence-corrected chi connectivity index (χ0v) is 29.5. The topological polar surface area (TPSA) is 99.7 Å². The molecule has 0 aliphatic rings. The summed E-state index contributed by atoms with van der Waals surface area (Å²) in [7, 11) is 14.6. The molecule has 254 valence electrons. The fourth-order valence-electron chi connectivity index (χ4n) is 5.15. The Morgan fingerprint density at radius 2 is 0.870 bits per heavy atom. The molecule has 2 rings (SSSR count). The van der Waals surface area contributed by atoms with Gasteiger partial charge >= 0.3 is 11.9 Å². The molecule has 0 spiro atoms. The molecule has 0 aliphatic carbocycles. The summed E-state index contributed by atoms with van der Waals surface area (Å²) >= 11 is 0. The lowest BCUT2D eigenvalue weighted by Gasteiger charge is -2.22. The molecule has 2 aromatic rings. The van der Waals surface area contributed by atoms with Gasteiger partial charge in [-0.2, -0.15) is 0 Å². The van der Waals surface area contributed by atoms with Crippen molar-refractivity contribution in [1.29, 1.82) is 0 Å². The summed E-state index contributed by atoms with van der Waals surface area (Å²) in [6.07, 6.45) is 1.86. The highest BCUT2D eigenvalue weighted by Crippen LogP contribution is 2.29. The van der Waals surface area contributed by atoms with Crippen LogP contribution in [0, 0.1) is 11.8 Å². The number of benzene rings is 2. The third kappa shape index (κ3) is 14.3. The average Bonchev–Trinajstić information content (AvgIpc) is 2.89. The van der Waals surface area contributed by atoms with Crippen LogP contribution in [0.5, 0.6) is 11.5 Å². The molecule has 0 radical (unpaired) electrons. The van der Waals surface area contributed by atoms with Crippen LogP contribution in [0.1, 0.15) is 36.1 Å². The predicted molar refractivity (Wildman–Crippen MR) is 182 cm³/mol. The van der Waals surface area contributed by atoms with Crippen LogP contribution in [0.4, 0.5) is 0 Å². The highest BCUT2D eigenvalue weighted by atomic mass is 16.5. The number of likely N-dealkylation sites (N-methyl/N-ethyl adjacent to an activating group) is 4. The molecular formula is C36H54N4O6. The second kappa shape index (κ2) is 18.6. The van der Waals surface area contributed by atoms with Crippen molar-refractivity contribution in [1.82, 2.24) is 19.6 Å². The van der Waals surface area contributed by atoms with Crippen molar-refractivity contribution in [3.8, 4) is 11.5 Å². The molecule has 0 N–H and O–H groups in total. The molecule has 0 fully saturated rings. The Hall–Kier alpha value is -3.44. The van der Waals surface area contributed by atoms with Crippen LogP contribution in [0.2, 0.25) is 0 Å². The zero-order chi connectivity index (χ0) is 34.6. The van der Waals surface area contributed by atoms with Gasteiger partial charge in [-0.15, -0.1) is 0 Å². The first-order valence-electron chi connectivity index (χ1n) is 15.8. The summed E-state index contributed by atoms with van der Waals surface area (Å²) in [6, 6.07) is 11.6. The minimum Gasteiger partial charge on any atom is -0.425 e. The molecule has 0 saturated carbocycles. The Balaban J connectivity index is 2.24. The fourth-order valence-corrected chi connectivity index (χ4v) is 5.15. The monoisotopic (exact) mass is 638 g/mol. The normalized spacial score (nSPS) is 12.9. The summed E-state index contributed by atoms with van der Waals surface area (Å²) in [6.45, 7) is 5.26. The molecule has 0 unspecified atom stereocenters. The molecule has 0 saturated heterocycles. The molecule has 0 heterocycles. The number of hydrogen-bond donors (Lipinski definition) is 0. The number of hydrogen-bond acceptors (Lipinski definition) is 10. The van der Waals surface area contributed by atoms with E-state index in [9.17, 15) is 19.2 Å². The number of Topliss-reactive ketones (excluding diaryl/α,β-unsaturated/α-hetero) is 2. The Kier molecular flexibility index (Phi) is 15.7. The van der Waals surface area contributed by atoms with E-state index < -0.39 is 0 Å². The lowest BCUT2D eigenvalue weighted by molar-refractivity contribution is -0.136. The van der Waals surface area contributed by atoms with Crippen molar-refractivity contribution in [3.63, 3.8) is 0 Å². The predicted octanol–water partition coefficient (Wildman–Crippen LogP) is 3.02. The Morgan fingerprint density at radius 3 is 1.17 bits per heavy atom. The molecule has 0 amide bonds. The lowest BCUT2D eigenvalue weighted by Crippen LogP contribution is -2.26. The van der Waals surface area contributed by atoms with E-state index in [0.717, 1.165) is 24.0 Å². The minimum atomic E-state index is -0.376. The second-order valence-corrected chi connectivity index (χ2v) is 13.6. The standard InChI is InChI=1S/C36H54N4O6/c1-25(15-27-11-13-29(19-31(41)21-37(3)4)33(17-27)45-35(43)23-39(7)8)26(2)16-28-12-14-30(20-32(42)22-38(5)6)34(18-28)46-36(44)24-40(9)10/h11-14,17-18,25-26H,15-16,19-24H2,1-10H3/t25-,26+. The highest BCUT2D eigenvalue weighted by Gasteiger charge is 2.20. The smallest absolute Gasteiger partial charge is 0.325 e. The lowest BCUT2D eigenvalue weighted by atomic mass is 9.85. The van der Waals surface area contributed by atoms with Gasteiger partial charge in [-0.3, -0.25) is 29.0 Å². The first-order chi connectivity index (χ1) is 21.5. The van der Waals surface area contributed by atoms with Gasteiger partial charge in [-0.25, -0.2) is 0 Å². The Bertz CT molecular complexity index is 1240. The molecule has 0 bridgehead atoms.